The molecule has 1 aliphatic heterocycles. The Labute approximate surface area is 288 Å². The van der Waals surface area contributed by atoms with E-state index in [1.54, 1.807) is 0 Å². The van der Waals surface area contributed by atoms with Gasteiger partial charge in [-0.15, -0.1) is 0 Å². The molecule has 2 N–H and O–H groups in total. The van der Waals surface area contributed by atoms with Gasteiger partial charge in [-0.25, -0.2) is 0 Å². The fourth-order valence-electron chi connectivity index (χ4n) is 1.32. The maximum atomic E-state index is 8.96. The third kappa shape index (κ3) is 19.9. The molecule has 0 bridgehead atoms. The number of aliphatic hydroxyl groups excluding tert-OH is 1. The largest absolute Gasteiger partial charge is 0.564 e. The van der Waals surface area contributed by atoms with Crippen LogP contribution < -0.4 is 5.32 Å². The van der Waals surface area contributed by atoms with Crippen LogP contribution in [0.2, 0.25) is 0 Å². The molecule has 3 nitrogen and oxygen atoms in total. The van der Waals surface area contributed by atoms with Crippen molar-refractivity contribution in [3.63, 3.8) is 0 Å². The summed E-state index contributed by atoms with van der Waals surface area (Å²) < 4.78 is 0. The van der Waals surface area contributed by atoms with E-state index in [-0.39, 0.29) is 235 Å². The molecular formula is C8H17N2OY7-. The SMILES string of the molecule is CC(C)([CH-]O)N1CCNCC1.[Y].[Y].[Y].[Y].[Y].[Y].[Y]. The van der Waals surface area contributed by atoms with E-state index in [1.165, 1.54) is 6.61 Å². The molecule has 0 aromatic carbocycles. The molecule has 1 fully saturated rings. The van der Waals surface area contributed by atoms with E-state index in [1.807, 2.05) is 13.8 Å². The molecule has 7 radical (unpaired) electrons. The molecule has 0 unspecified atom stereocenters. The molecule has 0 saturated carbocycles. The summed E-state index contributed by atoms with van der Waals surface area (Å²) in [6, 6.07) is 0. The zero-order chi connectivity index (χ0) is 8.32. The van der Waals surface area contributed by atoms with Crippen molar-refractivity contribution in [2.24, 2.45) is 0 Å². The molecule has 87 valence electrons. The zero-order valence-electron chi connectivity index (χ0n) is 11.3. The first-order valence-corrected chi connectivity index (χ1v) is 4.11. The van der Waals surface area contributed by atoms with E-state index in [2.05, 4.69) is 10.2 Å². The van der Waals surface area contributed by atoms with Crippen molar-refractivity contribution >= 4 is 0 Å². The second-order valence-electron chi connectivity index (χ2n) is 3.52. The zero-order valence-corrected chi connectivity index (χ0v) is 31.2. The molecule has 0 amide bonds. The summed E-state index contributed by atoms with van der Waals surface area (Å²) in [6.45, 7) is 9.41. The van der Waals surface area contributed by atoms with Crippen molar-refractivity contribution in [2.45, 2.75) is 19.4 Å². The van der Waals surface area contributed by atoms with Crippen LogP contribution >= 0.6 is 0 Å². The van der Waals surface area contributed by atoms with E-state index < -0.39 is 0 Å². The number of nitrogens with zero attached hydrogens (tertiary/aromatic N) is 1. The summed E-state index contributed by atoms with van der Waals surface area (Å²) in [5, 5.41) is 12.2. The van der Waals surface area contributed by atoms with Crippen LogP contribution in [0.25, 0.3) is 0 Å². The van der Waals surface area contributed by atoms with Gasteiger partial charge in [0.05, 0.1) is 0 Å². The average molecular weight is 780 g/mol. The molecule has 1 aliphatic rings. The summed E-state index contributed by atoms with van der Waals surface area (Å²) >= 11 is 0. The topological polar surface area (TPSA) is 35.5 Å². The van der Waals surface area contributed by atoms with Gasteiger partial charge < -0.3 is 15.3 Å². The minimum absolute atomic E-state index is 0. The number of rotatable bonds is 2. The molecule has 0 aromatic heterocycles. The van der Waals surface area contributed by atoms with E-state index in [0.29, 0.717) is 0 Å². The molecular weight excluding hydrogens is 762 g/mol. The Morgan fingerprint density at radius 1 is 0.889 bits per heavy atom. The number of aliphatic hydroxyl groups is 1. The first-order chi connectivity index (χ1) is 5.17. The fourth-order valence-corrected chi connectivity index (χ4v) is 1.32. The van der Waals surface area contributed by atoms with Crippen molar-refractivity contribution in [1.82, 2.24) is 10.2 Å². The monoisotopic (exact) mass is 779 g/mol. The predicted octanol–water partition coefficient (Wildman–Crippen LogP) is 0.187. The minimum Gasteiger partial charge on any atom is -0.564 e. The summed E-state index contributed by atoms with van der Waals surface area (Å²) in [5.41, 5.74) is -0.165. The van der Waals surface area contributed by atoms with Crippen molar-refractivity contribution in [1.29, 1.82) is 0 Å². The summed E-state index contributed by atoms with van der Waals surface area (Å²) in [7, 11) is 0. The van der Waals surface area contributed by atoms with E-state index in [0.717, 1.165) is 26.2 Å². The van der Waals surface area contributed by atoms with E-state index >= 15 is 0 Å². The van der Waals surface area contributed by atoms with E-state index in [9.17, 15) is 0 Å². The van der Waals surface area contributed by atoms with Crippen LogP contribution in [-0.4, -0.2) is 41.7 Å². The van der Waals surface area contributed by atoms with Crippen molar-refractivity contribution < 1.29 is 234 Å². The van der Waals surface area contributed by atoms with Gasteiger partial charge in [0.25, 0.3) is 0 Å². The summed E-state index contributed by atoms with van der Waals surface area (Å²) in [6.07, 6.45) is 0. The van der Waals surface area contributed by atoms with Crippen LogP contribution in [0.5, 0.6) is 0 Å². The van der Waals surface area contributed by atoms with Gasteiger partial charge in [-0.3, -0.25) is 0 Å². The molecule has 0 spiro atoms. The summed E-state index contributed by atoms with van der Waals surface area (Å²) in [5.74, 6) is 0. The van der Waals surface area contributed by atoms with E-state index in [4.69, 9.17) is 5.11 Å². The molecule has 0 aromatic rings. The van der Waals surface area contributed by atoms with Crippen LogP contribution in [0.1, 0.15) is 13.8 Å². The third-order valence-corrected chi connectivity index (χ3v) is 2.25. The average Bonchev–Trinajstić information content (AvgIpc) is 2.06. The standard InChI is InChI=1S/C8H17N2O.7Y/c1-8(2,7-11)10-5-3-9-4-6-10;;;;;;;/h7,9,11H,3-6H2,1-2H3;;;;;;;/q-1;;;;;;;. The maximum Gasteiger partial charge on any atom is 0.00852 e. The second kappa shape index (κ2) is 26.8. The fraction of sp³-hybridized carbons (Fsp3) is 0.875. The van der Waals surface area contributed by atoms with Gasteiger partial charge >= 0.3 is 0 Å². The molecule has 0 atom stereocenters. The van der Waals surface area contributed by atoms with Gasteiger partial charge in [-0.1, -0.05) is 19.4 Å². The van der Waals surface area contributed by atoms with Crippen molar-refractivity contribution in [3.8, 4) is 0 Å². The molecule has 1 rings (SSSR count). The number of piperazine rings is 1. The number of hydrogen-bond donors (Lipinski definition) is 2. The Kier molecular flexibility index (Phi) is 66.8. The Morgan fingerprint density at radius 3 is 1.50 bits per heavy atom. The van der Waals surface area contributed by atoms with Crippen LogP contribution in [0.3, 0.4) is 0 Å². The molecule has 10 heteroatoms. The Hall–Kier alpha value is 7.61. The number of hydrogen-bond acceptors (Lipinski definition) is 3. The van der Waals surface area contributed by atoms with Crippen LogP contribution in [0, 0.1) is 6.61 Å². The molecule has 1 saturated heterocycles. The van der Waals surface area contributed by atoms with Gasteiger partial charge in [-0.05, 0) is 0 Å². The molecule has 18 heavy (non-hydrogen) atoms. The molecule has 1 heterocycles. The Morgan fingerprint density at radius 2 is 1.22 bits per heavy atom. The van der Waals surface area contributed by atoms with Crippen LogP contribution in [0.4, 0.5) is 0 Å². The van der Waals surface area contributed by atoms with Crippen molar-refractivity contribution in [2.75, 3.05) is 26.2 Å². The molecule has 0 aliphatic carbocycles. The van der Waals surface area contributed by atoms with Gasteiger partial charge in [0, 0.05) is 255 Å². The Bertz CT molecular complexity index is 137. The van der Waals surface area contributed by atoms with Gasteiger partial charge in [0.1, 0.15) is 0 Å². The maximum absolute atomic E-state index is 8.96. The summed E-state index contributed by atoms with van der Waals surface area (Å²) in [4.78, 5) is 2.27. The Balaban J connectivity index is -0.0000000346. The predicted molar refractivity (Wildman–Crippen MR) is 44.8 cm³/mol. The van der Waals surface area contributed by atoms with Crippen molar-refractivity contribution in [3.05, 3.63) is 6.61 Å². The van der Waals surface area contributed by atoms with Crippen LogP contribution in [-0.2, 0) is 229 Å². The minimum atomic E-state index is -0.165. The van der Waals surface area contributed by atoms with Gasteiger partial charge in [-0.2, -0.15) is 6.61 Å². The number of nitrogens with one attached hydrogen (secondary N) is 1. The second-order valence-corrected chi connectivity index (χ2v) is 3.52. The first-order valence-electron chi connectivity index (χ1n) is 4.11. The van der Waals surface area contributed by atoms with Gasteiger partial charge in [0.15, 0.2) is 0 Å². The normalized spacial score (nSPS) is 13.5. The quantitative estimate of drug-likeness (QED) is 0.394. The van der Waals surface area contributed by atoms with Gasteiger partial charge in [0.2, 0.25) is 0 Å². The smallest absolute Gasteiger partial charge is 0.00852 e. The van der Waals surface area contributed by atoms with Crippen LogP contribution in [0.15, 0.2) is 0 Å². The third-order valence-electron chi connectivity index (χ3n) is 2.25. The first kappa shape index (κ1) is 44.8.